The van der Waals surface area contributed by atoms with Gasteiger partial charge in [-0.05, 0) is 48.0 Å². The van der Waals surface area contributed by atoms with E-state index in [0.29, 0.717) is 28.3 Å². The van der Waals surface area contributed by atoms with Crippen LogP contribution < -0.4 is 19.5 Å². The molecule has 8 heteroatoms. The second kappa shape index (κ2) is 10.7. The normalized spacial score (nSPS) is 11.3. The molecule has 0 saturated carbocycles. The number of amides is 1. The number of ether oxygens (including phenoxy) is 4. The molecular formula is C21H24BrNO6. The summed E-state index contributed by atoms with van der Waals surface area (Å²) in [5, 5.41) is 2.79. The molecule has 156 valence electrons. The molecule has 29 heavy (non-hydrogen) atoms. The third-order valence-electron chi connectivity index (χ3n) is 4.07. The van der Waals surface area contributed by atoms with E-state index in [1.807, 2.05) is 38.1 Å². The summed E-state index contributed by atoms with van der Waals surface area (Å²) in [5.41, 5.74) is 1.07. The zero-order valence-electron chi connectivity index (χ0n) is 16.8. The van der Waals surface area contributed by atoms with E-state index in [9.17, 15) is 9.59 Å². The summed E-state index contributed by atoms with van der Waals surface area (Å²) in [6, 6.07) is 10.1. The molecule has 0 aliphatic carbocycles. The number of halogens is 1. The van der Waals surface area contributed by atoms with Crippen molar-refractivity contribution in [2.75, 3.05) is 27.4 Å². The molecule has 0 fully saturated rings. The van der Waals surface area contributed by atoms with E-state index in [2.05, 4.69) is 21.2 Å². The Kier molecular flexibility index (Phi) is 8.33. The smallest absolute Gasteiger partial charge is 0.338 e. The van der Waals surface area contributed by atoms with Gasteiger partial charge in [-0.1, -0.05) is 18.2 Å². The number of benzene rings is 2. The van der Waals surface area contributed by atoms with E-state index in [0.717, 1.165) is 5.56 Å². The average Bonchev–Trinajstić information content (AvgIpc) is 2.71. The van der Waals surface area contributed by atoms with Gasteiger partial charge < -0.3 is 24.3 Å². The highest BCUT2D eigenvalue weighted by atomic mass is 79.9. The molecule has 1 unspecified atom stereocenters. The minimum atomic E-state index is -0.644. The number of hydrogen-bond acceptors (Lipinski definition) is 6. The van der Waals surface area contributed by atoms with Crippen LogP contribution >= 0.6 is 15.9 Å². The molecule has 0 aromatic heterocycles. The topological polar surface area (TPSA) is 83.1 Å². The first-order valence-corrected chi connectivity index (χ1v) is 9.80. The molecule has 2 rings (SSSR count). The summed E-state index contributed by atoms with van der Waals surface area (Å²) >= 11 is 3.34. The summed E-state index contributed by atoms with van der Waals surface area (Å²) in [5.74, 6) is 0.491. The van der Waals surface area contributed by atoms with E-state index in [1.165, 1.54) is 13.2 Å². The van der Waals surface area contributed by atoms with E-state index < -0.39 is 18.5 Å². The quantitative estimate of drug-likeness (QED) is 0.565. The number of rotatable bonds is 9. The van der Waals surface area contributed by atoms with Crippen molar-refractivity contribution in [2.45, 2.75) is 19.9 Å². The second-order valence-corrected chi connectivity index (χ2v) is 6.88. The Bertz CT molecular complexity index is 870. The van der Waals surface area contributed by atoms with E-state index in [1.54, 1.807) is 13.2 Å². The molecule has 1 amide bonds. The van der Waals surface area contributed by atoms with Crippen molar-refractivity contribution < 1.29 is 28.5 Å². The maximum absolute atomic E-state index is 12.4. The zero-order chi connectivity index (χ0) is 21.4. The number of hydrogen-bond donors (Lipinski definition) is 1. The predicted octanol–water partition coefficient (Wildman–Crippen LogP) is 3.90. The van der Waals surface area contributed by atoms with Gasteiger partial charge in [-0.15, -0.1) is 0 Å². The number of para-hydroxylation sites is 1. The van der Waals surface area contributed by atoms with Crippen LogP contribution in [0.1, 0.15) is 35.8 Å². The van der Waals surface area contributed by atoms with Crippen LogP contribution in [0, 0.1) is 0 Å². The molecule has 7 nitrogen and oxygen atoms in total. The fourth-order valence-electron chi connectivity index (χ4n) is 2.75. The SMILES string of the molecule is CCOc1cc(C(=O)OCC(=O)NC(C)c2ccccc2OC)cc(Br)c1OC. The molecule has 2 aromatic rings. The van der Waals surface area contributed by atoms with E-state index >= 15 is 0 Å². The number of carbonyl (C=O) groups excluding carboxylic acids is 2. The van der Waals surface area contributed by atoms with Gasteiger partial charge in [-0.25, -0.2) is 4.79 Å². The molecule has 0 aliphatic heterocycles. The van der Waals surface area contributed by atoms with Crippen molar-refractivity contribution >= 4 is 27.8 Å². The van der Waals surface area contributed by atoms with Crippen LogP contribution in [0.25, 0.3) is 0 Å². The molecule has 0 heterocycles. The molecule has 1 N–H and O–H groups in total. The lowest BCUT2D eigenvalue weighted by molar-refractivity contribution is -0.124. The maximum Gasteiger partial charge on any atom is 0.338 e. The fraction of sp³-hybridized carbons (Fsp3) is 0.333. The van der Waals surface area contributed by atoms with Gasteiger partial charge in [-0.3, -0.25) is 4.79 Å². The predicted molar refractivity (Wildman–Crippen MR) is 112 cm³/mol. The minimum Gasteiger partial charge on any atom is -0.496 e. The molecule has 0 aliphatic rings. The molecule has 0 spiro atoms. The molecule has 0 radical (unpaired) electrons. The Labute approximate surface area is 178 Å². The number of methoxy groups -OCH3 is 2. The molecule has 0 saturated heterocycles. The molecular weight excluding hydrogens is 442 g/mol. The van der Waals surface area contributed by atoms with Gasteiger partial charge in [0.05, 0.1) is 36.9 Å². The largest absolute Gasteiger partial charge is 0.496 e. The monoisotopic (exact) mass is 465 g/mol. The second-order valence-electron chi connectivity index (χ2n) is 6.03. The summed E-state index contributed by atoms with van der Waals surface area (Å²) < 4.78 is 21.8. The number of carbonyl (C=O) groups is 2. The van der Waals surface area contributed by atoms with Crippen molar-refractivity contribution in [3.05, 3.63) is 52.0 Å². The van der Waals surface area contributed by atoms with Crippen LogP contribution in [0.2, 0.25) is 0 Å². The van der Waals surface area contributed by atoms with Gasteiger partial charge in [0.1, 0.15) is 5.75 Å². The summed E-state index contributed by atoms with van der Waals surface area (Å²) in [4.78, 5) is 24.6. The summed E-state index contributed by atoms with van der Waals surface area (Å²) in [6.07, 6.45) is 0. The van der Waals surface area contributed by atoms with Gasteiger partial charge in [0, 0.05) is 5.56 Å². The lowest BCUT2D eigenvalue weighted by Crippen LogP contribution is -2.31. The van der Waals surface area contributed by atoms with Gasteiger partial charge in [0.25, 0.3) is 5.91 Å². The van der Waals surface area contributed by atoms with Crippen molar-refractivity contribution in [1.29, 1.82) is 0 Å². The van der Waals surface area contributed by atoms with Crippen LogP contribution in [0.3, 0.4) is 0 Å². The van der Waals surface area contributed by atoms with Gasteiger partial charge >= 0.3 is 5.97 Å². The first-order chi connectivity index (χ1) is 13.9. The first-order valence-electron chi connectivity index (χ1n) is 9.00. The molecule has 0 bridgehead atoms. The zero-order valence-corrected chi connectivity index (χ0v) is 18.4. The van der Waals surface area contributed by atoms with Crippen LogP contribution in [-0.4, -0.2) is 39.3 Å². The molecule has 1 atom stereocenters. The van der Waals surface area contributed by atoms with Crippen molar-refractivity contribution in [3.63, 3.8) is 0 Å². The Morgan fingerprint density at radius 2 is 1.83 bits per heavy atom. The van der Waals surface area contributed by atoms with Crippen LogP contribution in [0.15, 0.2) is 40.9 Å². The van der Waals surface area contributed by atoms with Gasteiger partial charge in [0.2, 0.25) is 0 Å². The van der Waals surface area contributed by atoms with Crippen molar-refractivity contribution in [3.8, 4) is 17.2 Å². The van der Waals surface area contributed by atoms with Crippen LogP contribution in [-0.2, 0) is 9.53 Å². The highest BCUT2D eigenvalue weighted by Gasteiger charge is 2.18. The van der Waals surface area contributed by atoms with Crippen molar-refractivity contribution in [2.24, 2.45) is 0 Å². The van der Waals surface area contributed by atoms with Crippen molar-refractivity contribution in [1.82, 2.24) is 5.32 Å². The maximum atomic E-state index is 12.4. The van der Waals surface area contributed by atoms with Gasteiger partial charge in [0.15, 0.2) is 18.1 Å². The average molecular weight is 466 g/mol. The van der Waals surface area contributed by atoms with Crippen LogP contribution in [0.4, 0.5) is 0 Å². The Morgan fingerprint density at radius 3 is 2.48 bits per heavy atom. The fourth-order valence-corrected chi connectivity index (χ4v) is 3.35. The Morgan fingerprint density at radius 1 is 1.10 bits per heavy atom. The van der Waals surface area contributed by atoms with Gasteiger partial charge in [-0.2, -0.15) is 0 Å². The highest BCUT2D eigenvalue weighted by Crippen LogP contribution is 2.36. The number of nitrogens with one attached hydrogen (secondary N) is 1. The third-order valence-corrected chi connectivity index (χ3v) is 4.66. The first kappa shape index (κ1) is 22.5. The Balaban J connectivity index is 2.00. The lowest BCUT2D eigenvalue weighted by Gasteiger charge is -2.17. The van der Waals surface area contributed by atoms with E-state index in [4.69, 9.17) is 18.9 Å². The standard InChI is InChI=1S/C21H24BrNO6/c1-5-28-18-11-14(10-16(22)20(18)27-4)21(25)29-12-19(24)23-13(2)15-8-6-7-9-17(15)26-3/h6-11,13H,5,12H2,1-4H3,(H,23,24). The van der Waals surface area contributed by atoms with Crippen LogP contribution in [0.5, 0.6) is 17.2 Å². The summed E-state index contributed by atoms with van der Waals surface area (Å²) in [6.45, 7) is 3.65. The minimum absolute atomic E-state index is 0.242. The highest BCUT2D eigenvalue weighted by molar-refractivity contribution is 9.10. The molecule has 2 aromatic carbocycles. The Hall–Kier alpha value is -2.74. The van der Waals surface area contributed by atoms with E-state index in [-0.39, 0.29) is 11.6 Å². The lowest BCUT2D eigenvalue weighted by atomic mass is 10.1. The number of esters is 1. The summed E-state index contributed by atoms with van der Waals surface area (Å²) in [7, 11) is 3.08. The third kappa shape index (κ3) is 5.87.